The molecule has 0 bridgehead atoms. The fourth-order valence-corrected chi connectivity index (χ4v) is 1.85. The molecule has 1 heterocycles. The van der Waals surface area contributed by atoms with Gasteiger partial charge in [-0.3, -0.25) is 0 Å². The zero-order chi connectivity index (χ0) is 13.0. The minimum Gasteiger partial charge on any atom is -0.330 e. The summed E-state index contributed by atoms with van der Waals surface area (Å²) in [6.07, 6.45) is 3.84. The van der Waals surface area contributed by atoms with Gasteiger partial charge < -0.3 is 9.88 Å². The van der Waals surface area contributed by atoms with E-state index in [2.05, 4.69) is 24.1 Å². The van der Waals surface area contributed by atoms with E-state index in [-0.39, 0.29) is 11.9 Å². The molecule has 0 amide bonds. The fraction of sp³-hybridized carbons (Fsp3) is 0.357. The van der Waals surface area contributed by atoms with E-state index in [4.69, 9.17) is 0 Å². The third kappa shape index (κ3) is 2.96. The Hall–Kier alpha value is -1.68. The monoisotopic (exact) mass is 247 g/mol. The highest BCUT2D eigenvalue weighted by molar-refractivity contribution is 5.20. The summed E-state index contributed by atoms with van der Waals surface area (Å²) in [6.45, 7) is 5.85. The topological polar surface area (TPSA) is 29.9 Å². The van der Waals surface area contributed by atoms with E-state index in [1.54, 1.807) is 0 Å². The molecule has 1 unspecified atom stereocenters. The van der Waals surface area contributed by atoms with Crippen LogP contribution in [0.15, 0.2) is 36.8 Å². The zero-order valence-corrected chi connectivity index (χ0v) is 10.7. The van der Waals surface area contributed by atoms with Crippen molar-refractivity contribution in [2.75, 3.05) is 6.54 Å². The molecule has 2 aromatic rings. The average Bonchev–Trinajstić information content (AvgIpc) is 2.85. The normalized spacial score (nSPS) is 12.6. The van der Waals surface area contributed by atoms with Crippen LogP contribution in [0.25, 0.3) is 0 Å². The van der Waals surface area contributed by atoms with Gasteiger partial charge in [-0.05, 0) is 31.2 Å². The van der Waals surface area contributed by atoms with Crippen LogP contribution in [0, 0.1) is 5.82 Å². The van der Waals surface area contributed by atoms with Crippen LogP contribution in [0.1, 0.15) is 31.1 Å². The third-order valence-corrected chi connectivity index (χ3v) is 3.01. The van der Waals surface area contributed by atoms with Gasteiger partial charge in [-0.15, -0.1) is 0 Å². The Labute approximate surface area is 107 Å². The van der Waals surface area contributed by atoms with Crippen LogP contribution in [-0.4, -0.2) is 16.1 Å². The first-order valence-corrected chi connectivity index (χ1v) is 6.19. The van der Waals surface area contributed by atoms with Crippen molar-refractivity contribution in [3.05, 3.63) is 53.9 Å². The Morgan fingerprint density at radius 2 is 2.06 bits per heavy atom. The molecule has 1 N–H and O–H groups in total. The van der Waals surface area contributed by atoms with E-state index in [0.29, 0.717) is 0 Å². The van der Waals surface area contributed by atoms with Crippen molar-refractivity contribution in [3.63, 3.8) is 0 Å². The maximum atomic E-state index is 12.9. The molecule has 0 radical (unpaired) electrons. The molecule has 0 spiro atoms. The van der Waals surface area contributed by atoms with Crippen LogP contribution in [0.4, 0.5) is 4.39 Å². The molecule has 1 atom stereocenters. The largest absolute Gasteiger partial charge is 0.330 e. The number of benzene rings is 1. The Morgan fingerprint density at radius 1 is 1.33 bits per heavy atom. The average molecular weight is 247 g/mol. The molecular weight excluding hydrogens is 229 g/mol. The number of nitrogens with one attached hydrogen (secondary N) is 1. The maximum absolute atomic E-state index is 12.9. The number of nitrogens with zero attached hydrogens (tertiary/aromatic N) is 2. The summed E-state index contributed by atoms with van der Waals surface area (Å²) in [6, 6.07) is 6.76. The first-order chi connectivity index (χ1) is 8.70. The molecule has 3 nitrogen and oxygen atoms in total. The SMILES string of the molecule is CCNCc1cn(C(C)c2ccc(F)cc2)cn1. The second-order valence-corrected chi connectivity index (χ2v) is 4.32. The predicted octanol–water partition coefficient (Wildman–Crippen LogP) is 2.74. The maximum Gasteiger partial charge on any atom is 0.123 e. The van der Waals surface area contributed by atoms with E-state index in [9.17, 15) is 4.39 Å². The summed E-state index contributed by atoms with van der Waals surface area (Å²) in [5.41, 5.74) is 2.09. The van der Waals surface area contributed by atoms with Crippen LogP contribution in [0.2, 0.25) is 0 Å². The van der Waals surface area contributed by atoms with Crippen LogP contribution >= 0.6 is 0 Å². The molecule has 0 aliphatic rings. The molecule has 4 heteroatoms. The van der Waals surface area contributed by atoms with E-state index < -0.39 is 0 Å². The Morgan fingerprint density at radius 3 is 2.72 bits per heavy atom. The van der Waals surface area contributed by atoms with Gasteiger partial charge in [0.25, 0.3) is 0 Å². The van der Waals surface area contributed by atoms with Crippen LogP contribution in [0.5, 0.6) is 0 Å². The summed E-state index contributed by atoms with van der Waals surface area (Å²) >= 11 is 0. The van der Waals surface area contributed by atoms with Gasteiger partial charge in [-0.1, -0.05) is 19.1 Å². The summed E-state index contributed by atoms with van der Waals surface area (Å²) in [7, 11) is 0. The molecule has 2 rings (SSSR count). The quantitative estimate of drug-likeness (QED) is 0.880. The lowest BCUT2D eigenvalue weighted by atomic mass is 10.1. The van der Waals surface area contributed by atoms with Gasteiger partial charge in [0, 0.05) is 12.7 Å². The van der Waals surface area contributed by atoms with Gasteiger partial charge in [0.05, 0.1) is 18.1 Å². The second kappa shape index (κ2) is 5.78. The van der Waals surface area contributed by atoms with Gasteiger partial charge in [0.1, 0.15) is 5.82 Å². The first kappa shape index (κ1) is 12.8. The summed E-state index contributed by atoms with van der Waals surface area (Å²) in [5, 5.41) is 3.24. The smallest absolute Gasteiger partial charge is 0.123 e. The van der Waals surface area contributed by atoms with Gasteiger partial charge in [-0.2, -0.15) is 0 Å². The molecule has 1 aromatic carbocycles. The summed E-state index contributed by atoms with van der Waals surface area (Å²) in [5.74, 6) is -0.204. The van der Waals surface area contributed by atoms with Crippen LogP contribution in [-0.2, 0) is 6.54 Å². The van der Waals surface area contributed by atoms with Gasteiger partial charge in [-0.25, -0.2) is 9.37 Å². The van der Waals surface area contributed by atoms with Crippen molar-refractivity contribution in [2.24, 2.45) is 0 Å². The lowest BCUT2D eigenvalue weighted by Crippen LogP contribution is -2.12. The Balaban J connectivity index is 2.10. The highest BCUT2D eigenvalue weighted by Crippen LogP contribution is 2.18. The number of aromatic nitrogens is 2. The van der Waals surface area contributed by atoms with Gasteiger partial charge in [0.15, 0.2) is 0 Å². The Bertz CT molecular complexity index is 490. The molecular formula is C14H18FN3. The molecule has 0 aliphatic carbocycles. The standard InChI is InChI=1S/C14H18FN3/c1-3-16-8-14-9-18(10-17-14)11(2)12-4-6-13(15)7-5-12/h4-7,9-11,16H,3,8H2,1-2H3. The molecule has 96 valence electrons. The number of hydrogen-bond donors (Lipinski definition) is 1. The van der Waals surface area contributed by atoms with Crippen molar-refractivity contribution >= 4 is 0 Å². The molecule has 0 saturated carbocycles. The number of rotatable bonds is 5. The second-order valence-electron chi connectivity index (χ2n) is 4.32. The predicted molar refractivity (Wildman–Crippen MR) is 69.8 cm³/mol. The minimum atomic E-state index is -0.204. The zero-order valence-electron chi connectivity index (χ0n) is 10.7. The number of halogens is 1. The van der Waals surface area contributed by atoms with Gasteiger partial charge in [0.2, 0.25) is 0 Å². The van der Waals surface area contributed by atoms with Crippen LogP contribution < -0.4 is 5.32 Å². The first-order valence-electron chi connectivity index (χ1n) is 6.19. The summed E-state index contributed by atoms with van der Waals surface area (Å²) in [4.78, 5) is 4.34. The van der Waals surface area contributed by atoms with Crippen molar-refractivity contribution in [1.82, 2.24) is 14.9 Å². The van der Waals surface area contributed by atoms with Crippen molar-refractivity contribution in [1.29, 1.82) is 0 Å². The minimum absolute atomic E-state index is 0.161. The highest BCUT2D eigenvalue weighted by atomic mass is 19.1. The lowest BCUT2D eigenvalue weighted by Gasteiger charge is -2.13. The molecule has 18 heavy (non-hydrogen) atoms. The van der Waals surface area contributed by atoms with Crippen molar-refractivity contribution in [3.8, 4) is 0 Å². The summed E-state index contributed by atoms with van der Waals surface area (Å²) < 4.78 is 14.9. The Kier molecular flexibility index (Phi) is 4.10. The highest BCUT2D eigenvalue weighted by Gasteiger charge is 2.08. The molecule has 0 aliphatic heterocycles. The molecule has 0 saturated heterocycles. The van der Waals surface area contributed by atoms with Crippen LogP contribution in [0.3, 0.4) is 0 Å². The molecule has 1 aromatic heterocycles. The van der Waals surface area contributed by atoms with Crippen molar-refractivity contribution < 1.29 is 4.39 Å². The third-order valence-electron chi connectivity index (χ3n) is 3.01. The van der Waals surface area contributed by atoms with Crippen molar-refractivity contribution in [2.45, 2.75) is 26.4 Å². The van der Waals surface area contributed by atoms with Gasteiger partial charge >= 0.3 is 0 Å². The lowest BCUT2D eigenvalue weighted by molar-refractivity contribution is 0.614. The number of imidazole rings is 1. The fourth-order valence-electron chi connectivity index (χ4n) is 1.85. The van der Waals surface area contributed by atoms with E-state index in [0.717, 1.165) is 24.3 Å². The van der Waals surface area contributed by atoms with E-state index >= 15 is 0 Å². The van der Waals surface area contributed by atoms with E-state index in [1.807, 2.05) is 29.2 Å². The van der Waals surface area contributed by atoms with E-state index in [1.165, 1.54) is 12.1 Å². The number of hydrogen-bond acceptors (Lipinski definition) is 2. The molecule has 0 fully saturated rings.